The highest BCUT2D eigenvalue weighted by molar-refractivity contribution is 7.85. The number of aryl methyl sites for hydroxylation is 1. The van der Waals surface area contributed by atoms with E-state index in [2.05, 4.69) is 31.7 Å². The maximum absolute atomic E-state index is 14.6. The van der Waals surface area contributed by atoms with Gasteiger partial charge >= 0.3 is 12.1 Å². The molecule has 0 N–H and O–H groups in total. The standard InChI is InChI=1S/C19H13F4N5O2.C5H11NOS/c1-27-16-7-14(5-4-12(16)8-24-27)28(10-29)9-13-3-2-11(6-15(13)20)17-25-26-18(30-17)19(21,22)23;1-6-2-4-8(7)5-3-6/h2-8,10H,9H2,1H3;2-5H2,1H3. The van der Waals surface area contributed by atoms with Crippen LogP contribution in [0.15, 0.2) is 47.0 Å². The largest absolute Gasteiger partial charge is 0.470 e. The van der Waals surface area contributed by atoms with Crippen molar-refractivity contribution >= 4 is 33.8 Å². The van der Waals surface area contributed by atoms with Crippen molar-refractivity contribution in [3.05, 3.63) is 59.9 Å². The van der Waals surface area contributed by atoms with Gasteiger partial charge in [0.25, 0.3) is 0 Å². The molecule has 1 amide bonds. The summed E-state index contributed by atoms with van der Waals surface area (Å²) in [6.07, 6.45) is -2.54. The predicted octanol–water partition coefficient (Wildman–Crippen LogP) is 3.62. The third-order valence-electron chi connectivity index (χ3n) is 5.90. The Kier molecular flexibility index (Phi) is 8.21. The number of nitrogens with zero attached hydrogens (tertiary/aromatic N) is 6. The fourth-order valence-electron chi connectivity index (χ4n) is 3.68. The number of anilines is 1. The van der Waals surface area contributed by atoms with Crippen molar-refractivity contribution in [1.29, 1.82) is 0 Å². The van der Waals surface area contributed by atoms with Crippen molar-refractivity contribution in [3.63, 3.8) is 0 Å². The predicted molar refractivity (Wildman–Crippen MR) is 133 cm³/mol. The van der Waals surface area contributed by atoms with Crippen LogP contribution in [0.25, 0.3) is 22.4 Å². The zero-order valence-electron chi connectivity index (χ0n) is 20.5. The fourth-order valence-corrected chi connectivity index (χ4v) is 4.91. The maximum atomic E-state index is 14.6. The summed E-state index contributed by atoms with van der Waals surface area (Å²) in [7, 11) is 3.32. The van der Waals surface area contributed by atoms with Crippen LogP contribution in [0.1, 0.15) is 11.5 Å². The normalized spacial score (nSPS) is 14.8. The lowest BCUT2D eigenvalue weighted by Gasteiger charge is -2.20. The summed E-state index contributed by atoms with van der Waals surface area (Å²) >= 11 is 0. The van der Waals surface area contributed by atoms with Gasteiger partial charge in [-0.15, -0.1) is 10.2 Å². The molecule has 2 aromatic carbocycles. The van der Waals surface area contributed by atoms with E-state index in [1.807, 2.05) is 0 Å². The van der Waals surface area contributed by atoms with Crippen molar-refractivity contribution in [3.8, 4) is 11.5 Å². The number of carbonyl (C=O) groups is 1. The van der Waals surface area contributed by atoms with Gasteiger partial charge in [-0.2, -0.15) is 18.3 Å². The minimum absolute atomic E-state index is 0.00629. The van der Waals surface area contributed by atoms with Gasteiger partial charge in [-0.3, -0.25) is 13.7 Å². The van der Waals surface area contributed by atoms with Crippen LogP contribution in [0, 0.1) is 5.82 Å². The third kappa shape index (κ3) is 6.42. The summed E-state index contributed by atoms with van der Waals surface area (Å²) in [4.78, 5) is 15.1. The van der Waals surface area contributed by atoms with Gasteiger partial charge in [0, 0.05) is 64.6 Å². The number of fused-ring (bicyclic) bond motifs is 1. The van der Waals surface area contributed by atoms with Crippen LogP contribution in [-0.2, 0) is 35.4 Å². The highest BCUT2D eigenvalue weighted by atomic mass is 32.2. The van der Waals surface area contributed by atoms with Crippen LogP contribution in [0.4, 0.5) is 23.2 Å². The van der Waals surface area contributed by atoms with Crippen molar-refractivity contribution in [2.24, 2.45) is 7.05 Å². The quantitative estimate of drug-likeness (QED) is 0.276. The van der Waals surface area contributed by atoms with E-state index in [9.17, 15) is 26.6 Å². The number of rotatable bonds is 5. The smallest absolute Gasteiger partial charge is 0.413 e. The number of benzene rings is 2. The van der Waals surface area contributed by atoms with Gasteiger partial charge in [-0.05, 0) is 37.4 Å². The molecular weight excluding hydrogens is 528 g/mol. The van der Waals surface area contributed by atoms with Crippen LogP contribution in [0.3, 0.4) is 0 Å². The van der Waals surface area contributed by atoms with Crippen LogP contribution >= 0.6 is 0 Å². The zero-order chi connectivity index (χ0) is 27.4. The number of aromatic nitrogens is 4. The Morgan fingerprint density at radius 2 is 1.84 bits per heavy atom. The molecule has 4 aromatic rings. The summed E-state index contributed by atoms with van der Waals surface area (Å²) in [6, 6.07) is 8.93. The molecule has 1 saturated heterocycles. The molecule has 3 heterocycles. The monoisotopic (exact) mass is 552 g/mol. The Hall–Kier alpha value is -3.65. The molecule has 14 heteroatoms. The van der Waals surface area contributed by atoms with Gasteiger partial charge in [0.05, 0.1) is 18.3 Å². The van der Waals surface area contributed by atoms with E-state index >= 15 is 0 Å². The number of hydrogen-bond acceptors (Lipinski definition) is 7. The first kappa shape index (κ1) is 27.4. The Bertz CT molecular complexity index is 1440. The lowest BCUT2D eigenvalue weighted by Crippen LogP contribution is -2.34. The molecule has 0 atom stereocenters. The third-order valence-corrected chi connectivity index (χ3v) is 7.18. The summed E-state index contributed by atoms with van der Waals surface area (Å²) in [5, 5.41) is 11.2. The first-order valence-corrected chi connectivity index (χ1v) is 12.9. The second-order valence-electron chi connectivity index (χ2n) is 8.61. The van der Waals surface area contributed by atoms with Gasteiger partial charge < -0.3 is 14.2 Å². The van der Waals surface area contributed by atoms with Gasteiger partial charge in [0.2, 0.25) is 12.3 Å². The highest BCUT2D eigenvalue weighted by Crippen LogP contribution is 2.31. The van der Waals surface area contributed by atoms with Gasteiger partial charge in [-0.1, -0.05) is 6.07 Å². The highest BCUT2D eigenvalue weighted by Gasteiger charge is 2.38. The summed E-state index contributed by atoms with van der Waals surface area (Å²) in [5.74, 6) is -0.957. The molecule has 1 aliphatic rings. The number of halogens is 4. The number of alkyl halides is 3. The first-order valence-electron chi connectivity index (χ1n) is 11.4. The van der Waals surface area contributed by atoms with Crippen molar-refractivity contribution in [1.82, 2.24) is 24.9 Å². The Labute approximate surface area is 217 Å². The molecule has 1 fully saturated rings. The van der Waals surface area contributed by atoms with E-state index in [4.69, 9.17) is 0 Å². The minimum atomic E-state index is -4.79. The van der Waals surface area contributed by atoms with E-state index in [-0.39, 0.29) is 17.7 Å². The molecule has 0 aliphatic carbocycles. The molecule has 9 nitrogen and oxygen atoms in total. The zero-order valence-corrected chi connectivity index (χ0v) is 21.3. The molecule has 0 saturated carbocycles. The van der Waals surface area contributed by atoms with Crippen molar-refractivity contribution in [2.75, 3.05) is 36.5 Å². The average Bonchev–Trinajstić information content (AvgIpc) is 3.53. The molecule has 0 radical (unpaired) electrons. The molecule has 2 aromatic heterocycles. The number of carbonyl (C=O) groups excluding carboxylic acids is 1. The summed E-state index contributed by atoms with van der Waals surface area (Å²) in [6.45, 7) is 1.93. The van der Waals surface area contributed by atoms with Crippen LogP contribution in [0.2, 0.25) is 0 Å². The van der Waals surface area contributed by atoms with Crippen molar-refractivity contribution < 1.29 is 31.0 Å². The minimum Gasteiger partial charge on any atom is -0.413 e. The molecule has 0 spiro atoms. The molecule has 1 aliphatic heterocycles. The van der Waals surface area contributed by atoms with Crippen LogP contribution in [0.5, 0.6) is 0 Å². The molecule has 5 rings (SSSR count). The fraction of sp³-hybridized carbons (Fsp3) is 0.333. The summed E-state index contributed by atoms with van der Waals surface area (Å²) in [5.41, 5.74) is 1.49. The SMILES string of the molecule is CN1CCS(=O)CC1.Cn1ncc2ccc(N(C=O)Cc3ccc(-c4nnc(C(F)(F)F)o4)cc3F)cc21. The summed E-state index contributed by atoms with van der Waals surface area (Å²) < 4.78 is 69.3. The Morgan fingerprint density at radius 1 is 1.11 bits per heavy atom. The molecule has 38 heavy (non-hydrogen) atoms. The number of hydrogen-bond donors (Lipinski definition) is 0. The molecule has 202 valence electrons. The molecule has 0 bridgehead atoms. The van der Waals surface area contributed by atoms with Gasteiger partial charge in [0.1, 0.15) is 5.82 Å². The van der Waals surface area contributed by atoms with Crippen LogP contribution in [-0.4, -0.2) is 67.1 Å². The number of amides is 1. The van der Waals surface area contributed by atoms with E-state index in [0.29, 0.717) is 12.1 Å². The van der Waals surface area contributed by atoms with Gasteiger partial charge in [0.15, 0.2) is 0 Å². The van der Waals surface area contributed by atoms with E-state index in [0.717, 1.165) is 41.6 Å². The van der Waals surface area contributed by atoms with Crippen LogP contribution < -0.4 is 4.90 Å². The Balaban J connectivity index is 0.000000360. The second kappa shape index (κ2) is 11.4. The maximum Gasteiger partial charge on any atom is 0.470 e. The molecular formula is C24H24F4N6O3S. The van der Waals surface area contributed by atoms with E-state index in [1.165, 1.54) is 17.0 Å². The lowest BCUT2D eigenvalue weighted by molar-refractivity contribution is -0.156. The van der Waals surface area contributed by atoms with E-state index in [1.54, 1.807) is 36.1 Å². The average molecular weight is 553 g/mol. The van der Waals surface area contributed by atoms with E-state index < -0.39 is 34.6 Å². The topological polar surface area (TPSA) is 97.4 Å². The van der Waals surface area contributed by atoms with Crippen molar-refractivity contribution in [2.45, 2.75) is 12.7 Å². The first-order chi connectivity index (χ1) is 18.0. The lowest BCUT2D eigenvalue weighted by atomic mass is 10.1. The van der Waals surface area contributed by atoms with Gasteiger partial charge in [-0.25, -0.2) is 4.39 Å². The second-order valence-corrected chi connectivity index (χ2v) is 10.3. The Morgan fingerprint density at radius 3 is 2.45 bits per heavy atom. The molecule has 0 unspecified atom stereocenters.